The molecule has 0 spiro atoms. The molecular formula is C9H13ClN2. The number of halogens is 1. The second kappa shape index (κ2) is 3.09. The van der Waals surface area contributed by atoms with Gasteiger partial charge in [0.05, 0.1) is 11.6 Å². The second-order valence-corrected chi connectivity index (χ2v) is 3.81. The molecule has 0 atom stereocenters. The van der Waals surface area contributed by atoms with Gasteiger partial charge in [0.2, 0.25) is 0 Å². The normalized spacial score (nSPS) is 16.8. The zero-order valence-corrected chi connectivity index (χ0v) is 8.01. The maximum atomic E-state index is 5.74. The standard InChI is InChI=1S/C9H13ClN2/c1-7-9(4-10)6-12(11-7)5-8-2-3-8/h6,8H,2-5H2,1H3. The van der Waals surface area contributed by atoms with E-state index in [0.29, 0.717) is 5.88 Å². The second-order valence-electron chi connectivity index (χ2n) is 3.54. The van der Waals surface area contributed by atoms with Crippen molar-refractivity contribution < 1.29 is 0 Å². The molecule has 0 aromatic carbocycles. The summed E-state index contributed by atoms with van der Waals surface area (Å²) >= 11 is 5.74. The van der Waals surface area contributed by atoms with Gasteiger partial charge in [-0.3, -0.25) is 4.68 Å². The minimum absolute atomic E-state index is 0.580. The van der Waals surface area contributed by atoms with Gasteiger partial charge in [-0.15, -0.1) is 11.6 Å². The molecule has 1 heterocycles. The van der Waals surface area contributed by atoms with Gasteiger partial charge < -0.3 is 0 Å². The van der Waals surface area contributed by atoms with Crippen LogP contribution in [0.1, 0.15) is 24.1 Å². The first-order chi connectivity index (χ1) is 5.79. The van der Waals surface area contributed by atoms with E-state index in [4.69, 9.17) is 11.6 Å². The molecule has 3 heteroatoms. The first-order valence-corrected chi connectivity index (χ1v) is 4.92. The number of rotatable bonds is 3. The van der Waals surface area contributed by atoms with Crippen LogP contribution in [0.2, 0.25) is 0 Å². The third-order valence-electron chi connectivity index (χ3n) is 2.33. The zero-order chi connectivity index (χ0) is 8.55. The van der Waals surface area contributed by atoms with Crippen LogP contribution in [0.3, 0.4) is 0 Å². The molecule has 12 heavy (non-hydrogen) atoms. The van der Waals surface area contributed by atoms with Crippen LogP contribution in [-0.2, 0) is 12.4 Å². The van der Waals surface area contributed by atoms with Gasteiger partial charge in [-0.05, 0) is 25.7 Å². The monoisotopic (exact) mass is 184 g/mol. The molecule has 0 saturated heterocycles. The lowest BCUT2D eigenvalue weighted by molar-refractivity contribution is 0.559. The topological polar surface area (TPSA) is 17.8 Å². The summed E-state index contributed by atoms with van der Waals surface area (Å²) in [6.07, 6.45) is 4.81. The Morgan fingerprint density at radius 3 is 2.92 bits per heavy atom. The summed E-state index contributed by atoms with van der Waals surface area (Å²) in [6, 6.07) is 0. The Bertz CT molecular complexity index is 276. The lowest BCUT2D eigenvalue weighted by Gasteiger charge is -1.95. The van der Waals surface area contributed by atoms with E-state index < -0.39 is 0 Å². The lowest BCUT2D eigenvalue weighted by Crippen LogP contribution is -1.99. The molecule has 1 aliphatic rings. The largest absolute Gasteiger partial charge is 0.272 e. The van der Waals surface area contributed by atoms with Crippen LogP contribution in [0.15, 0.2) is 6.20 Å². The highest BCUT2D eigenvalue weighted by Crippen LogP contribution is 2.30. The molecule has 0 aliphatic heterocycles. The van der Waals surface area contributed by atoms with Crippen LogP contribution in [-0.4, -0.2) is 9.78 Å². The summed E-state index contributed by atoms with van der Waals surface area (Å²) in [5, 5.41) is 4.39. The van der Waals surface area contributed by atoms with Gasteiger partial charge in [0, 0.05) is 18.3 Å². The molecule has 0 N–H and O–H groups in total. The van der Waals surface area contributed by atoms with Crippen molar-refractivity contribution in [1.82, 2.24) is 9.78 Å². The quantitative estimate of drug-likeness (QED) is 0.660. The van der Waals surface area contributed by atoms with Crippen molar-refractivity contribution in [2.75, 3.05) is 0 Å². The van der Waals surface area contributed by atoms with E-state index in [-0.39, 0.29) is 0 Å². The molecular weight excluding hydrogens is 172 g/mol. The van der Waals surface area contributed by atoms with Crippen LogP contribution in [0, 0.1) is 12.8 Å². The SMILES string of the molecule is Cc1nn(CC2CC2)cc1CCl. The van der Waals surface area contributed by atoms with E-state index >= 15 is 0 Å². The highest BCUT2D eigenvalue weighted by atomic mass is 35.5. The summed E-state index contributed by atoms with van der Waals surface area (Å²) in [5.74, 6) is 1.46. The average molecular weight is 185 g/mol. The van der Waals surface area contributed by atoms with Crippen LogP contribution < -0.4 is 0 Å². The number of aryl methyl sites for hydroxylation is 1. The first kappa shape index (κ1) is 8.11. The smallest absolute Gasteiger partial charge is 0.0637 e. The predicted molar refractivity (Wildman–Crippen MR) is 49.2 cm³/mol. The van der Waals surface area contributed by atoms with E-state index in [2.05, 4.69) is 11.3 Å². The highest BCUT2D eigenvalue weighted by Gasteiger charge is 2.22. The molecule has 1 aliphatic carbocycles. The van der Waals surface area contributed by atoms with E-state index in [9.17, 15) is 0 Å². The summed E-state index contributed by atoms with van der Waals surface area (Å²) < 4.78 is 2.03. The van der Waals surface area contributed by atoms with Crippen molar-refractivity contribution >= 4 is 11.6 Å². The molecule has 2 nitrogen and oxygen atoms in total. The van der Waals surface area contributed by atoms with Crippen LogP contribution in [0.25, 0.3) is 0 Å². The Morgan fingerprint density at radius 2 is 2.42 bits per heavy atom. The van der Waals surface area contributed by atoms with Gasteiger partial charge in [-0.25, -0.2) is 0 Å². The highest BCUT2D eigenvalue weighted by molar-refractivity contribution is 6.17. The van der Waals surface area contributed by atoms with Gasteiger partial charge in [-0.2, -0.15) is 5.10 Å². The van der Waals surface area contributed by atoms with Gasteiger partial charge in [0.15, 0.2) is 0 Å². The zero-order valence-electron chi connectivity index (χ0n) is 7.26. The lowest BCUT2D eigenvalue weighted by atomic mass is 10.3. The molecule has 66 valence electrons. The molecule has 1 aromatic heterocycles. The Labute approximate surface area is 77.5 Å². The number of alkyl halides is 1. The summed E-state index contributed by atoms with van der Waals surface area (Å²) in [5.41, 5.74) is 2.24. The summed E-state index contributed by atoms with van der Waals surface area (Å²) in [6.45, 7) is 3.10. The molecule has 0 bridgehead atoms. The Morgan fingerprint density at radius 1 is 1.67 bits per heavy atom. The van der Waals surface area contributed by atoms with Crippen LogP contribution >= 0.6 is 11.6 Å². The Kier molecular flexibility index (Phi) is 2.09. The minimum atomic E-state index is 0.580. The van der Waals surface area contributed by atoms with Gasteiger partial charge in [-0.1, -0.05) is 0 Å². The Balaban J connectivity index is 2.10. The van der Waals surface area contributed by atoms with Crippen molar-refractivity contribution in [3.63, 3.8) is 0 Å². The third kappa shape index (κ3) is 1.63. The van der Waals surface area contributed by atoms with Crippen LogP contribution in [0.4, 0.5) is 0 Å². The molecule has 0 unspecified atom stereocenters. The van der Waals surface area contributed by atoms with Crippen molar-refractivity contribution in [3.8, 4) is 0 Å². The van der Waals surface area contributed by atoms with Crippen molar-refractivity contribution in [2.24, 2.45) is 5.92 Å². The van der Waals surface area contributed by atoms with Gasteiger partial charge in [0.25, 0.3) is 0 Å². The number of hydrogen-bond donors (Lipinski definition) is 0. The fraction of sp³-hybridized carbons (Fsp3) is 0.667. The van der Waals surface area contributed by atoms with Crippen molar-refractivity contribution in [3.05, 3.63) is 17.5 Å². The van der Waals surface area contributed by atoms with Gasteiger partial charge in [0.1, 0.15) is 0 Å². The molecule has 1 saturated carbocycles. The third-order valence-corrected chi connectivity index (χ3v) is 2.62. The van der Waals surface area contributed by atoms with E-state index in [1.165, 1.54) is 12.8 Å². The van der Waals surface area contributed by atoms with E-state index in [1.807, 2.05) is 11.6 Å². The number of aromatic nitrogens is 2. The molecule has 2 rings (SSSR count). The fourth-order valence-electron chi connectivity index (χ4n) is 1.35. The van der Waals surface area contributed by atoms with E-state index in [0.717, 1.165) is 23.7 Å². The molecule has 1 aromatic rings. The maximum absolute atomic E-state index is 5.74. The Hall–Kier alpha value is -0.500. The van der Waals surface area contributed by atoms with Gasteiger partial charge >= 0.3 is 0 Å². The minimum Gasteiger partial charge on any atom is -0.272 e. The summed E-state index contributed by atoms with van der Waals surface area (Å²) in [4.78, 5) is 0. The number of hydrogen-bond acceptors (Lipinski definition) is 1. The molecule has 0 amide bonds. The van der Waals surface area contributed by atoms with Crippen molar-refractivity contribution in [2.45, 2.75) is 32.2 Å². The van der Waals surface area contributed by atoms with Crippen LogP contribution in [0.5, 0.6) is 0 Å². The average Bonchev–Trinajstić information content (AvgIpc) is 2.76. The fourth-order valence-corrected chi connectivity index (χ4v) is 1.61. The predicted octanol–water partition coefficient (Wildman–Crippen LogP) is 2.34. The number of nitrogens with zero attached hydrogens (tertiary/aromatic N) is 2. The summed E-state index contributed by atoms with van der Waals surface area (Å²) in [7, 11) is 0. The molecule has 1 fully saturated rings. The molecule has 0 radical (unpaired) electrons. The van der Waals surface area contributed by atoms with Crippen molar-refractivity contribution in [1.29, 1.82) is 0 Å². The van der Waals surface area contributed by atoms with E-state index in [1.54, 1.807) is 0 Å². The first-order valence-electron chi connectivity index (χ1n) is 4.38. The maximum Gasteiger partial charge on any atom is 0.0637 e.